The van der Waals surface area contributed by atoms with E-state index in [4.69, 9.17) is 14.7 Å². The number of amides is 1. The van der Waals surface area contributed by atoms with Gasteiger partial charge in [-0.15, -0.1) is 11.8 Å². The van der Waals surface area contributed by atoms with Gasteiger partial charge in [0.25, 0.3) is 0 Å². The van der Waals surface area contributed by atoms with Crippen LogP contribution < -0.4 is 10.1 Å². The average Bonchev–Trinajstić information content (AvgIpc) is 2.98. The second-order valence-corrected chi connectivity index (χ2v) is 8.16. The Hall–Kier alpha value is -3.38. The number of nitrogens with one attached hydrogen (secondary N) is 1. The molecule has 0 saturated carbocycles. The lowest BCUT2D eigenvalue weighted by Crippen LogP contribution is -2.16. The second kappa shape index (κ2) is 9.62. The van der Waals surface area contributed by atoms with Gasteiger partial charge in [-0.05, 0) is 60.5 Å². The van der Waals surface area contributed by atoms with Crippen LogP contribution in [0.25, 0.3) is 0 Å². The third kappa shape index (κ3) is 5.22. The molecule has 0 aromatic heterocycles. The molecule has 31 heavy (non-hydrogen) atoms. The van der Waals surface area contributed by atoms with Crippen molar-refractivity contribution in [2.75, 3.05) is 18.2 Å². The molecule has 1 amide bonds. The van der Waals surface area contributed by atoms with Crippen molar-refractivity contribution in [2.24, 2.45) is 9.98 Å². The summed E-state index contributed by atoms with van der Waals surface area (Å²) in [4.78, 5) is 22.2. The van der Waals surface area contributed by atoms with E-state index < -0.39 is 0 Å². The van der Waals surface area contributed by atoms with E-state index in [1.54, 1.807) is 7.11 Å². The molecule has 0 aliphatic carbocycles. The molecule has 1 aliphatic heterocycles. The number of thioether (sulfide) groups is 1. The number of rotatable bonds is 5. The number of aryl methyl sites for hydroxylation is 1. The van der Waals surface area contributed by atoms with Crippen molar-refractivity contribution in [1.82, 2.24) is 0 Å². The lowest BCUT2D eigenvalue weighted by Gasteiger charge is -2.10. The number of carbonyl (C=O) groups is 1. The Morgan fingerprint density at radius 3 is 2.35 bits per heavy atom. The van der Waals surface area contributed by atoms with Crippen LogP contribution in [0.3, 0.4) is 0 Å². The number of aliphatic imine (C=N–C) groups is 2. The number of ether oxygens (including phenoxy) is 1. The second-order valence-electron chi connectivity index (χ2n) is 7.11. The molecule has 156 valence electrons. The van der Waals surface area contributed by atoms with E-state index in [0.29, 0.717) is 6.42 Å². The number of fused-ring (bicyclic) bond motifs is 1. The number of hydrogen-bond acceptors (Lipinski definition) is 5. The van der Waals surface area contributed by atoms with Crippen molar-refractivity contribution in [3.63, 3.8) is 0 Å². The molecule has 4 rings (SSSR count). The topological polar surface area (TPSA) is 63.1 Å². The molecule has 1 heterocycles. The molecule has 0 atom stereocenters. The monoisotopic (exact) mass is 429 g/mol. The zero-order valence-corrected chi connectivity index (χ0v) is 18.3. The van der Waals surface area contributed by atoms with E-state index in [-0.39, 0.29) is 11.7 Å². The Labute approximate surface area is 186 Å². The minimum absolute atomic E-state index is 0.0533. The molecule has 0 unspecified atom stereocenters. The summed E-state index contributed by atoms with van der Waals surface area (Å²) in [5.41, 5.74) is 5.44. The minimum Gasteiger partial charge on any atom is -0.497 e. The van der Waals surface area contributed by atoms with E-state index >= 15 is 0 Å². The van der Waals surface area contributed by atoms with Gasteiger partial charge < -0.3 is 10.1 Å². The Morgan fingerprint density at radius 1 is 0.968 bits per heavy atom. The average molecular weight is 430 g/mol. The van der Waals surface area contributed by atoms with Crippen LogP contribution in [0.5, 0.6) is 5.75 Å². The Bertz CT molecular complexity index is 1150. The van der Waals surface area contributed by atoms with Gasteiger partial charge in [0, 0.05) is 12.1 Å². The van der Waals surface area contributed by atoms with Gasteiger partial charge in [0.2, 0.25) is 5.91 Å². The number of methoxy groups -OCH3 is 1. The fraction of sp³-hybridized carbons (Fsp3) is 0.160. The van der Waals surface area contributed by atoms with Gasteiger partial charge in [-0.3, -0.25) is 9.79 Å². The van der Waals surface area contributed by atoms with Crippen molar-refractivity contribution in [3.8, 4) is 5.75 Å². The molecule has 6 heteroatoms. The first kappa shape index (κ1) is 20.9. The first-order chi connectivity index (χ1) is 15.1. The molecule has 0 spiro atoms. The molecule has 3 aromatic rings. The Morgan fingerprint density at radius 2 is 1.65 bits per heavy atom. The van der Waals surface area contributed by atoms with E-state index in [9.17, 15) is 4.79 Å². The fourth-order valence-corrected chi connectivity index (χ4v) is 4.01. The third-order valence-corrected chi connectivity index (χ3v) is 5.89. The number of benzene rings is 3. The largest absolute Gasteiger partial charge is 0.497 e. The first-order valence-corrected chi connectivity index (χ1v) is 11.0. The number of carbonyl (C=O) groups excluding carboxylic acids is 1. The number of hydrogen-bond donors (Lipinski definition) is 1. The van der Waals surface area contributed by atoms with Gasteiger partial charge >= 0.3 is 0 Å². The summed E-state index contributed by atoms with van der Waals surface area (Å²) in [6.07, 6.45) is 0.559. The Balaban J connectivity index is 1.53. The maximum Gasteiger partial charge on any atom is 0.234 e. The molecule has 1 aliphatic rings. The predicted octanol–water partition coefficient (Wildman–Crippen LogP) is 5.93. The van der Waals surface area contributed by atoms with Crippen LogP contribution in [0.2, 0.25) is 0 Å². The summed E-state index contributed by atoms with van der Waals surface area (Å²) in [7, 11) is 1.65. The molecule has 1 N–H and O–H groups in total. The van der Waals surface area contributed by atoms with E-state index in [0.717, 1.165) is 44.7 Å². The summed E-state index contributed by atoms with van der Waals surface area (Å²) in [6, 6.07) is 23.4. The van der Waals surface area contributed by atoms with E-state index in [1.165, 1.54) is 11.8 Å². The molecule has 0 bridgehead atoms. The fourth-order valence-electron chi connectivity index (χ4n) is 3.24. The predicted molar refractivity (Wildman–Crippen MR) is 130 cm³/mol. The van der Waals surface area contributed by atoms with Gasteiger partial charge in [-0.25, -0.2) is 4.99 Å². The van der Waals surface area contributed by atoms with Crippen molar-refractivity contribution in [2.45, 2.75) is 13.3 Å². The summed E-state index contributed by atoms with van der Waals surface area (Å²) in [5.74, 6) is 1.03. The SMILES string of the molecule is COc1ccc(C2=Nc3ccccc3N=C(SCC(=O)Nc3ccccc3C)C2)cc1. The highest BCUT2D eigenvalue weighted by atomic mass is 32.2. The van der Waals surface area contributed by atoms with Gasteiger partial charge in [-0.2, -0.15) is 0 Å². The zero-order chi connectivity index (χ0) is 21.6. The van der Waals surface area contributed by atoms with Crippen LogP contribution in [0, 0.1) is 6.92 Å². The molecular formula is C25H23N3O2S. The summed E-state index contributed by atoms with van der Waals surface area (Å²) < 4.78 is 5.27. The van der Waals surface area contributed by atoms with Crippen molar-refractivity contribution < 1.29 is 9.53 Å². The highest BCUT2D eigenvalue weighted by molar-refractivity contribution is 8.14. The van der Waals surface area contributed by atoms with E-state index in [1.807, 2.05) is 79.7 Å². The molecular weight excluding hydrogens is 406 g/mol. The van der Waals surface area contributed by atoms with Gasteiger partial charge in [-0.1, -0.05) is 30.3 Å². The lowest BCUT2D eigenvalue weighted by molar-refractivity contribution is -0.113. The van der Waals surface area contributed by atoms with Crippen LogP contribution in [-0.4, -0.2) is 29.5 Å². The normalized spacial score (nSPS) is 12.8. The number of anilines is 1. The van der Waals surface area contributed by atoms with Crippen molar-refractivity contribution in [3.05, 3.63) is 83.9 Å². The van der Waals surface area contributed by atoms with E-state index in [2.05, 4.69) is 5.32 Å². The number of para-hydroxylation sites is 3. The maximum absolute atomic E-state index is 12.5. The summed E-state index contributed by atoms with van der Waals surface area (Å²) in [6.45, 7) is 1.98. The van der Waals surface area contributed by atoms with Gasteiger partial charge in [0.05, 0.1) is 35.0 Å². The van der Waals surface area contributed by atoms with Gasteiger partial charge in [0.15, 0.2) is 0 Å². The highest BCUT2D eigenvalue weighted by Crippen LogP contribution is 2.33. The van der Waals surface area contributed by atoms with Gasteiger partial charge in [0.1, 0.15) is 5.75 Å². The van der Waals surface area contributed by atoms with Crippen LogP contribution in [0.4, 0.5) is 17.1 Å². The molecule has 5 nitrogen and oxygen atoms in total. The smallest absolute Gasteiger partial charge is 0.234 e. The van der Waals surface area contributed by atoms with Crippen molar-refractivity contribution in [1.29, 1.82) is 0 Å². The molecule has 0 fully saturated rings. The minimum atomic E-state index is -0.0533. The highest BCUT2D eigenvalue weighted by Gasteiger charge is 2.17. The molecule has 0 radical (unpaired) electrons. The zero-order valence-electron chi connectivity index (χ0n) is 17.5. The summed E-state index contributed by atoms with van der Waals surface area (Å²) in [5, 5.41) is 3.84. The quantitative estimate of drug-likeness (QED) is 0.547. The van der Waals surface area contributed by atoms with Crippen LogP contribution >= 0.6 is 11.8 Å². The maximum atomic E-state index is 12.5. The third-order valence-electron chi connectivity index (χ3n) is 4.91. The first-order valence-electron chi connectivity index (χ1n) is 9.99. The van der Waals surface area contributed by atoms with Crippen molar-refractivity contribution >= 4 is 45.5 Å². The Kier molecular flexibility index (Phi) is 6.48. The molecule has 3 aromatic carbocycles. The van der Waals surface area contributed by atoms with Crippen LogP contribution in [0.15, 0.2) is 82.8 Å². The van der Waals surface area contributed by atoms with Crippen LogP contribution in [-0.2, 0) is 4.79 Å². The van der Waals surface area contributed by atoms with Crippen LogP contribution in [0.1, 0.15) is 17.5 Å². The summed E-state index contributed by atoms with van der Waals surface area (Å²) >= 11 is 1.45. The standard InChI is InChI=1S/C25H23N3O2S/c1-17-7-3-4-8-20(17)27-24(29)16-31-25-15-23(18-11-13-19(30-2)14-12-18)26-21-9-5-6-10-22(21)28-25/h3-14H,15-16H2,1-2H3,(H,27,29). The molecule has 0 saturated heterocycles. The lowest BCUT2D eigenvalue weighted by atomic mass is 10.1. The number of nitrogens with zero attached hydrogens (tertiary/aromatic N) is 2.